The van der Waals surface area contributed by atoms with Gasteiger partial charge in [0.05, 0.1) is 38.9 Å². The molecule has 0 unspecified atom stereocenters. The highest BCUT2D eigenvalue weighted by atomic mass is 16.5. The van der Waals surface area contributed by atoms with Gasteiger partial charge in [0.1, 0.15) is 5.92 Å². The van der Waals surface area contributed by atoms with E-state index >= 15 is 0 Å². The number of benzene rings is 1. The largest absolute Gasteiger partial charge is 0.493 e. The summed E-state index contributed by atoms with van der Waals surface area (Å²) in [6, 6.07) is 5.31. The molecule has 1 aliphatic carbocycles. The van der Waals surface area contributed by atoms with Crippen molar-refractivity contribution in [3.8, 4) is 11.5 Å². The van der Waals surface area contributed by atoms with E-state index in [2.05, 4.69) is 5.32 Å². The molecule has 1 aromatic rings. The molecule has 0 fully saturated rings. The van der Waals surface area contributed by atoms with Gasteiger partial charge in [-0.3, -0.25) is 9.59 Å². The van der Waals surface area contributed by atoms with Crippen LogP contribution in [0, 0.1) is 11.8 Å². The fraction of sp³-hybridized carbons (Fsp3) is 0.480. The van der Waals surface area contributed by atoms with E-state index < -0.39 is 23.8 Å². The van der Waals surface area contributed by atoms with E-state index in [0.29, 0.717) is 46.0 Å². The lowest BCUT2D eigenvalue weighted by Crippen LogP contribution is -2.43. The van der Waals surface area contributed by atoms with Gasteiger partial charge in [0, 0.05) is 22.5 Å². The first-order valence-electron chi connectivity index (χ1n) is 11.1. The number of Topliss-reactive ketones (excluding diaryl/α,β-unsaturated/α-hetero) is 1. The summed E-state index contributed by atoms with van der Waals surface area (Å²) in [6.07, 6.45) is 0.459. The second-order valence-corrected chi connectivity index (χ2v) is 8.07. The molecule has 1 heterocycles. The van der Waals surface area contributed by atoms with Crippen molar-refractivity contribution in [2.45, 2.75) is 40.0 Å². The van der Waals surface area contributed by atoms with Crippen LogP contribution in [-0.4, -0.2) is 45.2 Å². The second kappa shape index (κ2) is 10.1. The average molecular weight is 458 g/mol. The Labute approximate surface area is 193 Å². The summed E-state index contributed by atoms with van der Waals surface area (Å²) in [5.74, 6) is -2.58. The monoisotopic (exact) mass is 457 g/mol. The van der Waals surface area contributed by atoms with Gasteiger partial charge in [-0.05, 0) is 39.2 Å². The van der Waals surface area contributed by atoms with Crippen LogP contribution in [0.4, 0.5) is 0 Å². The highest BCUT2D eigenvalue weighted by Gasteiger charge is 2.48. The minimum Gasteiger partial charge on any atom is -0.493 e. The number of hydrogen-bond donors (Lipinski definition) is 1. The van der Waals surface area contributed by atoms with E-state index in [1.54, 1.807) is 39.0 Å². The molecule has 1 N–H and O–H groups in total. The molecule has 0 saturated carbocycles. The van der Waals surface area contributed by atoms with Gasteiger partial charge in [0.2, 0.25) is 0 Å². The van der Waals surface area contributed by atoms with Crippen LogP contribution < -0.4 is 14.8 Å². The number of allylic oxidation sites excluding steroid dienone is 3. The summed E-state index contributed by atoms with van der Waals surface area (Å²) >= 11 is 0. The smallest absolute Gasteiger partial charge is 0.336 e. The van der Waals surface area contributed by atoms with Crippen molar-refractivity contribution >= 4 is 17.7 Å². The van der Waals surface area contributed by atoms with E-state index in [-0.39, 0.29) is 24.9 Å². The van der Waals surface area contributed by atoms with Crippen LogP contribution >= 0.6 is 0 Å². The maximum absolute atomic E-state index is 13.8. The minimum absolute atomic E-state index is 0.180. The lowest BCUT2D eigenvalue weighted by molar-refractivity contribution is -0.153. The quantitative estimate of drug-likeness (QED) is 0.492. The number of carbonyl (C=O) groups is 3. The number of nitrogens with one attached hydrogen (secondary N) is 1. The standard InChI is InChI=1S/C25H31NO7/c1-7-32-24(28)18-13(3)12-16-21(22(18)27)20(19(14(4)26-16)25(29)33-8-2)15-10-9-11-17(30-5)23(15)31-6/h9-11,13,18,20,26H,7-8,12H2,1-6H3/t13-,18-,20-/m1/s1. The maximum atomic E-state index is 13.8. The highest BCUT2D eigenvalue weighted by Crippen LogP contribution is 2.49. The second-order valence-electron chi connectivity index (χ2n) is 8.07. The number of para-hydroxylation sites is 1. The Morgan fingerprint density at radius 1 is 1.09 bits per heavy atom. The SMILES string of the molecule is CCOC(=O)C1=C(C)NC2=C(C(=O)[C@H](C(=O)OCC)[C@H](C)C2)[C@@H]1c1cccc(OC)c1OC. The number of rotatable bonds is 7. The Balaban J connectivity index is 2.26. The van der Waals surface area contributed by atoms with Crippen LogP contribution in [0.5, 0.6) is 11.5 Å². The molecule has 2 aliphatic rings. The molecule has 33 heavy (non-hydrogen) atoms. The molecular weight excluding hydrogens is 426 g/mol. The summed E-state index contributed by atoms with van der Waals surface area (Å²) in [7, 11) is 3.02. The molecule has 3 atom stereocenters. The summed E-state index contributed by atoms with van der Waals surface area (Å²) in [4.78, 5) is 39.6. The van der Waals surface area contributed by atoms with Gasteiger partial charge >= 0.3 is 11.9 Å². The zero-order valence-electron chi connectivity index (χ0n) is 19.9. The van der Waals surface area contributed by atoms with E-state index in [0.717, 1.165) is 0 Å². The third-order valence-corrected chi connectivity index (χ3v) is 6.07. The number of hydrogen-bond acceptors (Lipinski definition) is 8. The molecular formula is C25H31NO7. The first kappa shape index (κ1) is 24.4. The minimum atomic E-state index is -0.952. The van der Waals surface area contributed by atoms with Gasteiger partial charge in [0.15, 0.2) is 17.3 Å². The zero-order valence-corrected chi connectivity index (χ0v) is 19.9. The number of ether oxygens (including phenoxy) is 4. The highest BCUT2D eigenvalue weighted by molar-refractivity contribution is 6.12. The fourth-order valence-corrected chi connectivity index (χ4v) is 4.72. The Morgan fingerprint density at radius 3 is 2.39 bits per heavy atom. The number of ketones is 1. The van der Waals surface area contributed by atoms with Gasteiger partial charge in [-0.1, -0.05) is 19.1 Å². The zero-order chi connectivity index (χ0) is 24.3. The van der Waals surface area contributed by atoms with Crippen molar-refractivity contribution < 1.29 is 33.3 Å². The molecule has 1 aliphatic heterocycles. The first-order chi connectivity index (χ1) is 15.8. The van der Waals surface area contributed by atoms with Gasteiger partial charge in [-0.2, -0.15) is 0 Å². The van der Waals surface area contributed by atoms with Crippen LogP contribution in [-0.2, 0) is 23.9 Å². The van der Waals surface area contributed by atoms with Crippen molar-refractivity contribution in [2.75, 3.05) is 27.4 Å². The molecule has 8 nitrogen and oxygen atoms in total. The molecule has 1 aromatic carbocycles. The average Bonchev–Trinajstić information content (AvgIpc) is 2.77. The molecule has 178 valence electrons. The third kappa shape index (κ3) is 4.34. The van der Waals surface area contributed by atoms with E-state index in [9.17, 15) is 14.4 Å². The predicted molar refractivity (Wildman–Crippen MR) is 121 cm³/mol. The van der Waals surface area contributed by atoms with E-state index in [1.807, 2.05) is 6.92 Å². The third-order valence-electron chi connectivity index (χ3n) is 6.07. The number of methoxy groups -OCH3 is 2. The van der Waals surface area contributed by atoms with Crippen LogP contribution in [0.1, 0.15) is 45.6 Å². The number of esters is 2. The van der Waals surface area contributed by atoms with Crippen molar-refractivity contribution in [2.24, 2.45) is 11.8 Å². The van der Waals surface area contributed by atoms with E-state index in [4.69, 9.17) is 18.9 Å². The van der Waals surface area contributed by atoms with Gasteiger partial charge < -0.3 is 24.3 Å². The molecule has 0 aromatic heterocycles. The molecule has 0 bridgehead atoms. The molecule has 0 radical (unpaired) electrons. The normalized spacial score (nSPS) is 22.4. The van der Waals surface area contributed by atoms with Crippen LogP contribution in [0.3, 0.4) is 0 Å². The topological polar surface area (TPSA) is 100 Å². The molecule has 0 saturated heterocycles. The Hall–Kier alpha value is -3.29. The summed E-state index contributed by atoms with van der Waals surface area (Å²) in [5, 5.41) is 3.24. The van der Waals surface area contributed by atoms with Gasteiger partial charge in [-0.15, -0.1) is 0 Å². The van der Waals surface area contributed by atoms with Crippen LogP contribution in [0.2, 0.25) is 0 Å². The molecule has 0 spiro atoms. The van der Waals surface area contributed by atoms with Crippen molar-refractivity contribution in [3.63, 3.8) is 0 Å². The predicted octanol–water partition coefficient (Wildman–Crippen LogP) is 3.27. The molecule has 0 amide bonds. The number of dihydropyridines is 1. The first-order valence-corrected chi connectivity index (χ1v) is 11.1. The molecule has 8 heteroatoms. The summed E-state index contributed by atoms with van der Waals surface area (Å²) in [5.41, 5.74) is 2.52. The van der Waals surface area contributed by atoms with Crippen molar-refractivity contribution in [1.82, 2.24) is 5.32 Å². The fourth-order valence-electron chi connectivity index (χ4n) is 4.72. The van der Waals surface area contributed by atoms with E-state index in [1.165, 1.54) is 14.2 Å². The lowest BCUT2D eigenvalue weighted by atomic mass is 9.69. The van der Waals surface area contributed by atoms with Crippen molar-refractivity contribution in [1.29, 1.82) is 0 Å². The number of carbonyl (C=O) groups excluding carboxylic acids is 3. The Kier molecular flexibility index (Phi) is 7.46. The lowest BCUT2D eigenvalue weighted by Gasteiger charge is -2.38. The summed E-state index contributed by atoms with van der Waals surface area (Å²) in [6.45, 7) is 7.42. The molecule has 3 rings (SSSR count). The Morgan fingerprint density at radius 2 is 1.79 bits per heavy atom. The Bertz CT molecular complexity index is 1020. The van der Waals surface area contributed by atoms with Crippen LogP contribution in [0.25, 0.3) is 0 Å². The van der Waals surface area contributed by atoms with Gasteiger partial charge in [-0.25, -0.2) is 4.79 Å². The van der Waals surface area contributed by atoms with Gasteiger partial charge in [0.25, 0.3) is 0 Å². The van der Waals surface area contributed by atoms with Crippen LogP contribution in [0.15, 0.2) is 40.7 Å². The summed E-state index contributed by atoms with van der Waals surface area (Å²) < 4.78 is 21.7. The maximum Gasteiger partial charge on any atom is 0.336 e. The van der Waals surface area contributed by atoms with Crippen molar-refractivity contribution in [3.05, 3.63) is 46.3 Å².